The number of fused-ring (bicyclic) bond motifs is 2. The Bertz CT molecular complexity index is 486. The van der Waals surface area contributed by atoms with Gasteiger partial charge in [0.05, 0.1) is 0 Å². The van der Waals surface area contributed by atoms with Crippen LogP contribution in [0.15, 0.2) is 42.0 Å². The Morgan fingerprint density at radius 2 is 1.81 bits per heavy atom. The van der Waals surface area contributed by atoms with Crippen LogP contribution in [0.4, 0.5) is 0 Å². The van der Waals surface area contributed by atoms with E-state index in [-0.39, 0.29) is 12.2 Å². The Morgan fingerprint density at radius 1 is 1.00 bits per heavy atom. The van der Waals surface area contributed by atoms with Crippen molar-refractivity contribution in [2.45, 2.75) is 26.1 Å². The van der Waals surface area contributed by atoms with Crippen molar-refractivity contribution in [2.24, 2.45) is 0 Å². The Kier molecular flexibility index (Phi) is 2.03. The first-order chi connectivity index (χ1) is 7.72. The van der Waals surface area contributed by atoms with E-state index in [0.717, 1.165) is 11.5 Å². The summed E-state index contributed by atoms with van der Waals surface area (Å²) in [7, 11) is 0. The molecule has 1 aliphatic heterocycles. The average molecular weight is 214 g/mol. The maximum atomic E-state index is 5.93. The van der Waals surface area contributed by atoms with Gasteiger partial charge in [0, 0.05) is 0 Å². The van der Waals surface area contributed by atoms with E-state index in [2.05, 4.69) is 32.1 Å². The molecule has 2 unspecified atom stereocenters. The third kappa shape index (κ3) is 1.51. The lowest BCUT2D eigenvalue weighted by Gasteiger charge is -2.32. The summed E-state index contributed by atoms with van der Waals surface area (Å²) in [6, 6.07) is 6.03. The lowest BCUT2D eigenvalue weighted by Crippen LogP contribution is -2.38. The molecule has 0 bridgehead atoms. The molecule has 82 valence electrons. The fourth-order valence-electron chi connectivity index (χ4n) is 2.07. The molecule has 0 radical (unpaired) electrons. The maximum absolute atomic E-state index is 5.93. The van der Waals surface area contributed by atoms with Crippen molar-refractivity contribution in [2.75, 3.05) is 0 Å². The molecule has 1 aromatic rings. The standard InChI is InChI=1S/C14H14O2/c1-9-3-5-11-13(7-9)16-14-8-10(2)4-6-12(14)15-11/h3-8,11,13H,1-2H3. The summed E-state index contributed by atoms with van der Waals surface area (Å²) in [4.78, 5) is 0. The summed E-state index contributed by atoms with van der Waals surface area (Å²) in [5, 5.41) is 0. The number of allylic oxidation sites excluding steroid dienone is 2. The van der Waals surface area contributed by atoms with E-state index in [4.69, 9.17) is 9.47 Å². The molecule has 0 saturated heterocycles. The molecule has 0 aromatic heterocycles. The quantitative estimate of drug-likeness (QED) is 0.661. The summed E-state index contributed by atoms with van der Waals surface area (Å²) in [6.07, 6.45) is 6.26. The molecule has 2 atom stereocenters. The van der Waals surface area contributed by atoms with E-state index in [1.165, 1.54) is 11.1 Å². The number of hydrogen-bond donors (Lipinski definition) is 0. The third-order valence-electron chi connectivity index (χ3n) is 2.93. The normalized spacial score (nSPS) is 26.0. The molecule has 16 heavy (non-hydrogen) atoms. The average Bonchev–Trinajstić information content (AvgIpc) is 2.26. The van der Waals surface area contributed by atoms with Gasteiger partial charge in [-0.05, 0) is 43.7 Å². The molecule has 1 heterocycles. The van der Waals surface area contributed by atoms with Crippen LogP contribution in [0.25, 0.3) is 0 Å². The van der Waals surface area contributed by atoms with Crippen LogP contribution in [-0.2, 0) is 0 Å². The van der Waals surface area contributed by atoms with Gasteiger partial charge in [-0.1, -0.05) is 17.7 Å². The van der Waals surface area contributed by atoms with E-state index in [1.54, 1.807) is 0 Å². The Labute approximate surface area is 95.2 Å². The predicted molar refractivity (Wildman–Crippen MR) is 62.9 cm³/mol. The highest BCUT2D eigenvalue weighted by Crippen LogP contribution is 2.36. The second kappa shape index (κ2) is 3.41. The van der Waals surface area contributed by atoms with Crippen molar-refractivity contribution in [3.63, 3.8) is 0 Å². The minimum atomic E-state index is 0.0129. The smallest absolute Gasteiger partial charge is 0.162 e. The highest BCUT2D eigenvalue weighted by atomic mass is 16.6. The summed E-state index contributed by atoms with van der Waals surface area (Å²) in [5.74, 6) is 1.69. The van der Waals surface area contributed by atoms with E-state index in [1.807, 2.05) is 18.2 Å². The van der Waals surface area contributed by atoms with Crippen molar-refractivity contribution in [1.82, 2.24) is 0 Å². The summed E-state index contributed by atoms with van der Waals surface area (Å²) in [6.45, 7) is 4.12. The monoisotopic (exact) mass is 214 g/mol. The van der Waals surface area contributed by atoms with Crippen LogP contribution < -0.4 is 9.47 Å². The van der Waals surface area contributed by atoms with Crippen LogP contribution in [-0.4, -0.2) is 12.2 Å². The first-order valence-corrected chi connectivity index (χ1v) is 5.53. The van der Waals surface area contributed by atoms with E-state index >= 15 is 0 Å². The van der Waals surface area contributed by atoms with Crippen LogP contribution >= 0.6 is 0 Å². The first-order valence-electron chi connectivity index (χ1n) is 5.53. The highest BCUT2D eigenvalue weighted by Gasteiger charge is 2.29. The number of ether oxygens (including phenoxy) is 2. The fourth-order valence-corrected chi connectivity index (χ4v) is 2.07. The predicted octanol–water partition coefficient (Wildman–Crippen LogP) is 3.02. The summed E-state index contributed by atoms with van der Waals surface area (Å²) >= 11 is 0. The first kappa shape index (κ1) is 9.52. The van der Waals surface area contributed by atoms with E-state index < -0.39 is 0 Å². The lowest BCUT2D eigenvalue weighted by molar-refractivity contribution is 0.0749. The molecule has 0 amide bonds. The molecule has 0 fully saturated rings. The number of aryl methyl sites for hydroxylation is 1. The van der Waals surface area contributed by atoms with Crippen LogP contribution in [0.1, 0.15) is 12.5 Å². The minimum absolute atomic E-state index is 0.0129. The molecule has 3 rings (SSSR count). The van der Waals surface area contributed by atoms with Gasteiger partial charge in [-0.3, -0.25) is 0 Å². The van der Waals surface area contributed by atoms with Crippen LogP contribution in [0.3, 0.4) is 0 Å². The van der Waals surface area contributed by atoms with Gasteiger partial charge in [0.15, 0.2) is 23.7 Å². The van der Waals surface area contributed by atoms with Gasteiger partial charge in [0.1, 0.15) is 0 Å². The van der Waals surface area contributed by atoms with Crippen molar-refractivity contribution >= 4 is 0 Å². The molecule has 2 aliphatic rings. The molecule has 2 heteroatoms. The second-order valence-electron chi connectivity index (χ2n) is 4.38. The number of hydrogen-bond acceptors (Lipinski definition) is 2. The molecule has 0 N–H and O–H groups in total. The van der Waals surface area contributed by atoms with Gasteiger partial charge in [-0.2, -0.15) is 0 Å². The van der Waals surface area contributed by atoms with Crippen molar-refractivity contribution in [3.05, 3.63) is 47.6 Å². The molecular weight excluding hydrogens is 200 g/mol. The van der Waals surface area contributed by atoms with Gasteiger partial charge in [-0.15, -0.1) is 0 Å². The fraction of sp³-hybridized carbons (Fsp3) is 0.286. The zero-order valence-electron chi connectivity index (χ0n) is 9.44. The zero-order chi connectivity index (χ0) is 11.1. The Balaban J connectivity index is 1.98. The summed E-state index contributed by atoms with van der Waals surface area (Å²) < 4.78 is 11.8. The molecule has 0 saturated carbocycles. The Hall–Kier alpha value is -1.70. The van der Waals surface area contributed by atoms with E-state index in [0.29, 0.717) is 0 Å². The van der Waals surface area contributed by atoms with Crippen LogP contribution in [0, 0.1) is 6.92 Å². The van der Waals surface area contributed by atoms with Crippen molar-refractivity contribution < 1.29 is 9.47 Å². The van der Waals surface area contributed by atoms with Crippen LogP contribution in [0.5, 0.6) is 11.5 Å². The third-order valence-corrected chi connectivity index (χ3v) is 2.93. The molecule has 1 aliphatic carbocycles. The summed E-state index contributed by atoms with van der Waals surface area (Å²) in [5.41, 5.74) is 2.41. The van der Waals surface area contributed by atoms with Gasteiger partial charge in [0.25, 0.3) is 0 Å². The van der Waals surface area contributed by atoms with Crippen molar-refractivity contribution in [3.8, 4) is 11.5 Å². The van der Waals surface area contributed by atoms with Crippen molar-refractivity contribution in [1.29, 1.82) is 0 Å². The molecular formula is C14H14O2. The molecule has 2 nitrogen and oxygen atoms in total. The minimum Gasteiger partial charge on any atom is -0.478 e. The topological polar surface area (TPSA) is 18.5 Å². The number of rotatable bonds is 0. The maximum Gasteiger partial charge on any atom is 0.162 e. The highest BCUT2D eigenvalue weighted by molar-refractivity contribution is 5.46. The van der Waals surface area contributed by atoms with Gasteiger partial charge < -0.3 is 9.47 Å². The van der Waals surface area contributed by atoms with E-state index in [9.17, 15) is 0 Å². The Morgan fingerprint density at radius 3 is 2.69 bits per heavy atom. The lowest BCUT2D eigenvalue weighted by atomic mass is 10.0. The zero-order valence-corrected chi connectivity index (χ0v) is 9.44. The second-order valence-corrected chi connectivity index (χ2v) is 4.38. The number of benzene rings is 1. The van der Waals surface area contributed by atoms with Gasteiger partial charge >= 0.3 is 0 Å². The van der Waals surface area contributed by atoms with Crippen LogP contribution in [0.2, 0.25) is 0 Å². The molecule has 1 aromatic carbocycles. The van der Waals surface area contributed by atoms with Gasteiger partial charge in [0.2, 0.25) is 0 Å². The largest absolute Gasteiger partial charge is 0.478 e. The SMILES string of the molecule is CC1=CC2Oc3cc(C)ccc3OC2C=C1. The molecule has 0 spiro atoms. The van der Waals surface area contributed by atoms with Gasteiger partial charge in [-0.25, -0.2) is 0 Å².